The molecule has 1 aromatic carbocycles. The summed E-state index contributed by atoms with van der Waals surface area (Å²) in [5, 5.41) is 8.93. The molecular weight excluding hydrogens is 377 g/mol. The third-order valence-electron chi connectivity index (χ3n) is 5.00. The van der Waals surface area contributed by atoms with Crippen molar-refractivity contribution < 1.29 is 9.13 Å². The summed E-state index contributed by atoms with van der Waals surface area (Å²) < 4.78 is 20.7. The number of aromatic nitrogens is 3. The van der Waals surface area contributed by atoms with Crippen LogP contribution in [0.1, 0.15) is 38.1 Å². The van der Waals surface area contributed by atoms with Crippen LogP contribution in [0.15, 0.2) is 30.5 Å². The van der Waals surface area contributed by atoms with Crippen LogP contribution in [0.25, 0.3) is 4.96 Å². The normalized spacial score (nSPS) is 17.1. The van der Waals surface area contributed by atoms with Crippen LogP contribution in [0.5, 0.6) is 0 Å². The molecule has 4 rings (SSSR count). The Balaban J connectivity index is 1.51. The molecule has 3 heterocycles. The van der Waals surface area contributed by atoms with Gasteiger partial charge in [-0.25, -0.2) is 13.9 Å². The van der Waals surface area contributed by atoms with Gasteiger partial charge in [-0.15, -0.1) is 5.10 Å². The molecule has 1 aliphatic rings. The zero-order valence-electron chi connectivity index (χ0n) is 16.5. The number of halogens is 1. The van der Waals surface area contributed by atoms with E-state index in [4.69, 9.17) is 9.72 Å². The quantitative estimate of drug-likeness (QED) is 0.704. The van der Waals surface area contributed by atoms with Crippen LogP contribution in [0.4, 0.5) is 9.52 Å². The maximum absolute atomic E-state index is 13.4. The lowest BCUT2D eigenvalue weighted by Crippen LogP contribution is -2.41. The van der Waals surface area contributed by atoms with E-state index in [1.807, 2.05) is 22.8 Å². The number of anilines is 1. The number of rotatable bonds is 5. The highest BCUT2D eigenvalue weighted by Crippen LogP contribution is 2.27. The minimum Gasteiger partial charge on any atom is -0.379 e. The van der Waals surface area contributed by atoms with Gasteiger partial charge in [0.05, 0.1) is 31.1 Å². The summed E-state index contributed by atoms with van der Waals surface area (Å²) >= 11 is 1.55. The molecule has 150 valence electrons. The lowest BCUT2D eigenvalue weighted by Gasteiger charge is -2.34. The lowest BCUT2D eigenvalue weighted by atomic mass is 9.93. The number of imidazole rings is 1. The van der Waals surface area contributed by atoms with Gasteiger partial charge in [0.25, 0.3) is 0 Å². The molecule has 0 aliphatic carbocycles. The second kappa shape index (κ2) is 7.77. The van der Waals surface area contributed by atoms with Gasteiger partial charge in [0.15, 0.2) is 0 Å². The van der Waals surface area contributed by atoms with Crippen molar-refractivity contribution in [1.29, 1.82) is 0 Å². The van der Waals surface area contributed by atoms with Crippen molar-refractivity contribution in [1.82, 2.24) is 19.5 Å². The Bertz CT molecular complexity index is 893. The van der Waals surface area contributed by atoms with E-state index in [0.29, 0.717) is 6.54 Å². The molecule has 8 heteroatoms. The summed E-state index contributed by atoms with van der Waals surface area (Å²) in [6.07, 6.45) is 2.00. The first-order valence-electron chi connectivity index (χ1n) is 9.58. The summed E-state index contributed by atoms with van der Waals surface area (Å²) in [6, 6.07) is 6.90. The molecule has 2 aromatic heterocycles. The van der Waals surface area contributed by atoms with Gasteiger partial charge in [-0.3, -0.25) is 4.90 Å². The van der Waals surface area contributed by atoms with Crippen LogP contribution < -0.4 is 5.32 Å². The second-order valence-electron chi connectivity index (χ2n) is 8.11. The van der Waals surface area contributed by atoms with Gasteiger partial charge >= 0.3 is 0 Å². The van der Waals surface area contributed by atoms with Crippen molar-refractivity contribution >= 4 is 21.4 Å². The molecule has 1 unspecified atom stereocenters. The monoisotopic (exact) mass is 403 g/mol. The van der Waals surface area contributed by atoms with Crippen LogP contribution in [0.3, 0.4) is 0 Å². The van der Waals surface area contributed by atoms with E-state index in [-0.39, 0.29) is 17.3 Å². The first-order chi connectivity index (χ1) is 13.4. The van der Waals surface area contributed by atoms with Gasteiger partial charge in [0, 0.05) is 25.0 Å². The van der Waals surface area contributed by atoms with Gasteiger partial charge in [-0.2, -0.15) is 0 Å². The first-order valence-corrected chi connectivity index (χ1v) is 10.4. The molecule has 28 heavy (non-hydrogen) atoms. The van der Waals surface area contributed by atoms with Gasteiger partial charge in [0.1, 0.15) is 5.82 Å². The Morgan fingerprint density at radius 1 is 1.21 bits per heavy atom. The highest BCUT2D eigenvalue weighted by atomic mass is 32.1. The maximum atomic E-state index is 13.4. The largest absolute Gasteiger partial charge is 0.379 e. The summed E-state index contributed by atoms with van der Waals surface area (Å²) in [5.41, 5.74) is 2.13. The Hall–Kier alpha value is -2.03. The number of fused-ring (bicyclic) bond motifs is 1. The fraction of sp³-hybridized carbons (Fsp3) is 0.500. The second-order valence-corrected chi connectivity index (χ2v) is 9.06. The van der Waals surface area contributed by atoms with E-state index >= 15 is 0 Å². The van der Waals surface area contributed by atoms with Crippen LogP contribution in [0, 0.1) is 5.82 Å². The van der Waals surface area contributed by atoms with Crippen molar-refractivity contribution in [3.8, 4) is 0 Å². The van der Waals surface area contributed by atoms with Crippen LogP contribution in [-0.4, -0.2) is 52.3 Å². The highest BCUT2D eigenvalue weighted by Gasteiger charge is 2.24. The molecule has 1 aliphatic heterocycles. The van der Waals surface area contributed by atoms with E-state index in [2.05, 4.69) is 36.1 Å². The first kappa shape index (κ1) is 19.3. The standard InChI is InChI=1S/C20H26FN5OS/c1-20(2,3)17-13-26-19(23-17)28-18(24-26)22-12-16(25-8-10-27-11-9-25)14-4-6-15(21)7-5-14/h4-7,13,16H,8-12H2,1-3H3,(H,22,24). The van der Waals surface area contributed by atoms with E-state index in [1.165, 1.54) is 12.1 Å². The smallest absolute Gasteiger partial charge is 0.214 e. The van der Waals surface area contributed by atoms with E-state index in [0.717, 1.165) is 47.7 Å². The Labute approximate surface area is 168 Å². The molecule has 0 saturated carbocycles. The predicted octanol–water partition coefficient (Wildman–Crippen LogP) is 3.71. The number of hydrogen-bond acceptors (Lipinski definition) is 6. The minimum atomic E-state index is -0.215. The van der Waals surface area contributed by atoms with Crippen molar-refractivity contribution in [2.24, 2.45) is 0 Å². The number of benzene rings is 1. The average Bonchev–Trinajstić information content (AvgIpc) is 3.23. The van der Waals surface area contributed by atoms with Crippen molar-refractivity contribution in [3.63, 3.8) is 0 Å². The summed E-state index contributed by atoms with van der Waals surface area (Å²) in [6.45, 7) is 10.3. The third kappa shape index (κ3) is 4.19. The molecule has 1 fully saturated rings. The van der Waals surface area contributed by atoms with Crippen LogP contribution in [-0.2, 0) is 10.2 Å². The molecule has 0 spiro atoms. The molecular formula is C20H26FN5OS. The predicted molar refractivity (Wildman–Crippen MR) is 110 cm³/mol. The van der Waals surface area contributed by atoms with Crippen molar-refractivity contribution in [3.05, 3.63) is 47.5 Å². The van der Waals surface area contributed by atoms with Gasteiger partial charge in [0.2, 0.25) is 10.1 Å². The van der Waals surface area contributed by atoms with Gasteiger partial charge in [-0.05, 0) is 17.7 Å². The fourth-order valence-corrected chi connectivity index (χ4v) is 4.14. The molecule has 0 radical (unpaired) electrons. The number of morpholine rings is 1. The number of nitrogens with zero attached hydrogens (tertiary/aromatic N) is 4. The van der Waals surface area contributed by atoms with E-state index in [1.54, 1.807) is 11.3 Å². The summed E-state index contributed by atoms with van der Waals surface area (Å²) in [7, 11) is 0. The zero-order valence-corrected chi connectivity index (χ0v) is 17.3. The Morgan fingerprint density at radius 2 is 1.93 bits per heavy atom. The third-order valence-corrected chi connectivity index (χ3v) is 5.88. The van der Waals surface area contributed by atoms with Crippen LogP contribution >= 0.6 is 11.3 Å². The van der Waals surface area contributed by atoms with Crippen molar-refractivity contribution in [2.75, 3.05) is 38.2 Å². The summed E-state index contributed by atoms with van der Waals surface area (Å²) in [5.74, 6) is -0.215. The number of nitrogens with one attached hydrogen (secondary N) is 1. The average molecular weight is 404 g/mol. The Kier molecular flexibility index (Phi) is 5.35. The number of hydrogen-bond donors (Lipinski definition) is 1. The molecule has 0 bridgehead atoms. The zero-order chi connectivity index (χ0) is 19.7. The molecule has 0 amide bonds. The van der Waals surface area contributed by atoms with Gasteiger partial charge < -0.3 is 10.1 Å². The molecule has 1 N–H and O–H groups in total. The highest BCUT2D eigenvalue weighted by molar-refractivity contribution is 7.20. The minimum absolute atomic E-state index is 0.00498. The van der Waals surface area contributed by atoms with Gasteiger partial charge in [-0.1, -0.05) is 44.2 Å². The van der Waals surface area contributed by atoms with E-state index < -0.39 is 0 Å². The summed E-state index contributed by atoms with van der Waals surface area (Å²) in [4.78, 5) is 7.96. The maximum Gasteiger partial charge on any atom is 0.214 e. The molecule has 1 saturated heterocycles. The molecule has 1 atom stereocenters. The Morgan fingerprint density at radius 3 is 2.57 bits per heavy atom. The van der Waals surface area contributed by atoms with E-state index in [9.17, 15) is 4.39 Å². The SMILES string of the molecule is CC(C)(C)c1cn2nc(NCC(c3ccc(F)cc3)N3CCOCC3)sc2n1. The fourth-order valence-electron chi connectivity index (χ4n) is 3.35. The molecule has 6 nitrogen and oxygen atoms in total. The number of ether oxygens (including phenoxy) is 1. The molecule has 3 aromatic rings. The topological polar surface area (TPSA) is 54.7 Å². The lowest BCUT2D eigenvalue weighted by molar-refractivity contribution is 0.0187. The van der Waals surface area contributed by atoms with Crippen LogP contribution in [0.2, 0.25) is 0 Å². The van der Waals surface area contributed by atoms with Crippen molar-refractivity contribution in [2.45, 2.75) is 32.2 Å².